The van der Waals surface area contributed by atoms with Crippen LogP contribution >= 0.6 is 0 Å². The number of carboxylic acid groups (broad SMARTS) is 3. The number of amides is 1. The Balaban J connectivity index is 4.41. The van der Waals surface area contributed by atoms with Gasteiger partial charge in [-0.25, -0.2) is 0 Å². The molecule has 132 valence electrons. The lowest BCUT2D eigenvalue weighted by Crippen LogP contribution is -2.44. The quantitative estimate of drug-likeness (QED) is 0.205. The zero-order valence-electron chi connectivity index (χ0n) is 12.6. The maximum atomic E-state index is 10.9. The minimum absolute atomic E-state index is 0.140. The summed E-state index contributed by atoms with van der Waals surface area (Å²) >= 11 is 0. The van der Waals surface area contributed by atoms with E-state index in [0.717, 1.165) is 0 Å². The van der Waals surface area contributed by atoms with Gasteiger partial charge >= 0.3 is 17.9 Å². The summed E-state index contributed by atoms with van der Waals surface area (Å²) in [5.74, 6) is -3.90. The number of nitrogens with one attached hydrogen (secondary N) is 1. The Kier molecular flexibility index (Phi) is 10.2. The summed E-state index contributed by atoms with van der Waals surface area (Å²) in [5.41, 5.74) is 5.04. The second-order valence-electron chi connectivity index (χ2n) is 4.81. The molecule has 0 fully saturated rings. The summed E-state index contributed by atoms with van der Waals surface area (Å²) < 4.78 is 0. The van der Waals surface area contributed by atoms with Crippen molar-refractivity contribution in [2.24, 2.45) is 5.73 Å². The third-order valence-electron chi connectivity index (χ3n) is 2.71. The van der Waals surface area contributed by atoms with E-state index in [4.69, 9.17) is 21.1 Å². The van der Waals surface area contributed by atoms with E-state index in [1.807, 2.05) is 0 Å². The van der Waals surface area contributed by atoms with Crippen LogP contribution in [0, 0.1) is 0 Å². The molecule has 0 bridgehead atoms. The van der Waals surface area contributed by atoms with Crippen molar-refractivity contribution in [2.45, 2.75) is 0 Å². The van der Waals surface area contributed by atoms with Crippen LogP contribution in [0.2, 0.25) is 0 Å². The molecule has 0 atom stereocenters. The average Bonchev–Trinajstić information content (AvgIpc) is 2.38. The molecule has 11 nitrogen and oxygen atoms in total. The highest BCUT2D eigenvalue weighted by Gasteiger charge is 2.15. The number of carbonyl (C=O) groups excluding carboxylic acids is 1. The molecule has 1 amide bonds. The Morgan fingerprint density at radius 1 is 0.783 bits per heavy atom. The third-order valence-corrected chi connectivity index (χ3v) is 2.71. The fourth-order valence-electron chi connectivity index (χ4n) is 1.80. The summed E-state index contributed by atoms with van der Waals surface area (Å²) in [6, 6.07) is 0. The van der Waals surface area contributed by atoms with Crippen molar-refractivity contribution in [2.75, 3.05) is 52.4 Å². The second kappa shape index (κ2) is 11.3. The van der Waals surface area contributed by atoms with Gasteiger partial charge < -0.3 is 26.4 Å². The molecule has 11 heteroatoms. The largest absolute Gasteiger partial charge is 0.480 e. The van der Waals surface area contributed by atoms with E-state index in [9.17, 15) is 19.2 Å². The molecule has 0 unspecified atom stereocenters. The predicted octanol–water partition coefficient (Wildman–Crippen LogP) is -3.08. The molecule has 23 heavy (non-hydrogen) atoms. The number of carbonyl (C=O) groups is 4. The monoisotopic (exact) mass is 334 g/mol. The van der Waals surface area contributed by atoms with Crippen LogP contribution in [0.15, 0.2) is 0 Å². The maximum Gasteiger partial charge on any atom is 0.317 e. The Morgan fingerprint density at radius 2 is 1.30 bits per heavy atom. The zero-order valence-corrected chi connectivity index (χ0v) is 12.6. The van der Waals surface area contributed by atoms with Crippen LogP contribution < -0.4 is 11.1 Å². The second-order valence-corrected chi connectivity index (χ2v) is 4.81. The number of rotatable bonds is 14. The average molecular weight is 334 g/mol. The lowest BCUT2D eigenvalue weighted by atomic mass is 10.3. The molecule has 0 aliphatic rings. The van der Waals surface area contributed by atoms with Crippen LogP contribution in [0.3, 0.4) is 0 Å². The van der Waals surface area contributed by atoms with Crippen LogP contribution in [-0.2, 0) is 19.2 Å². The minimum Gasteiger partial charge on any atom is -0.480 e. The lowest BCUT2D eigenvalue weighted by molar-refractivity contribution is -0.140. The molecule has 0 aliphatic heterocycles. The van der Waals surface area contributed by atoms with Gasteiger partial charge in [0.05, 0.1) is 26.2 Å². The summed E-state index contributed by atoms with van der Waals surface area (Å²) in [4.78, 5) is 45.6. The smallest absolute Gasteiger partial charge is 0.317 e. The molecule has 0 spiro atoms. The van der Waals surface area contributed by atoms with Crippen LogP contribution in [0.25, 0.3) is 0 Å². The molecule has 0 heterocycles. The van der Waals surface area contributed by atoms with E-state index in [-0.39, 0.29) is 52.4 Å². The van der Waals surface area contributed by atoms with Gasteiger partial charge in [-0.3, -0.25) is 29.0 Å². The van der Waals surface area contributed by atoms with Gasteiger partial charge in [-0.15, -0.1) is 0 Å². The molecule has 0 aromatic carbocycles. The molecule has 0 saturated heterocycles. The number of hydrogen-bond acceptors (Lipinski definition) is 7. The van der Waals surface area contributed by atoms with Crippen LogP contribution in [0.4, 0.5) is 0 Å². The number of nitrogens with two attached hydrogens (primary N) is 1. The third kappa shape index (κ3) is 13.2. The molecular formula is C12H22N4O7. The van der Waals surface area contributed by atoms with Gasteiger partial charge in [-0.05, 0) is 0 Å². The van der Waals surface area contributed by atoms with Crippen molar-refractivity contribution in [3.05, 3.63) is 0 Å². The Bertz CT molecular complexity index is 414. The molecule has 6 N–H and O–H groups in total. The van der Waals surface area contributed by atoms with Gasteiger partial charge in [0.1, 0.15) is 0 Å². The SMILES string of the molecule is NC(=O)CN(CCN(CCNCC(=O)O)CC(=O)O)CC(=O)O. The molecule has 0 rings (SSSR count). The first-order valence-corrected chi connectivity index (χ1v) is 6.79. The maximum absolute atomic E-state index is 10.9. The predicted molar refractivity (Wildman–Crippen MR) is 77.9 cm³/mol. The highest BCUT2D eigenvalue weighted by Crippen LogP contribution is 1.93. The fourth-order valence-corrected chi connectivity index (χ4v) is 1.80. The standard InChI is InChI=1S/C12H22N4O7/c13-9(17)6-16(8-12(22)23)4-3-15(7-11(20)21)2-1-14-5-10(18)19/h14H,1-8H2,(H2,13,17)(H,18,19)(H,20,21)(H,22,23). The van der Waals surface area contributed by atoms with Crippen molar-refractivity contribution in [3.63, 3.8) is 0 Å². The Morgan fingerprint density at radius 3 is 1.78 bits per heavy atom. The highest BCUT2D eigenvalue weighted by molar-refractivity contribution is 5.77. The van der Waals surface area contributed by atoms with Crippen molar-refractivity contribution in [1.82, 2.24) is 15.1 Å². The Labute approximate surface area is 132 Å². The van der Waals surface area contributed by atoms with Gasteiger partial charge in [-0.2, -0.15) is 0 Å². The first-order chi connectivity index (χ1) is 10.7. The normalized spacial score (nSPS) is 10.9. The molecule has 0 aromatic rings. The van der Waals surface area contributed by atoms with Crippen LogP contribution in [0.5, 0.6) is 0 Å². The number of carboxylic acids is 3. The van der Waals surface area contributed by atoms with Crippen molar-refractivity contribution >= 4 is 23.8 Å². The molecular weight excluding hydrogens is 312 g/mol. The van der Waals surface area contributed by atoms with Gasteiger partial charge in [0, 0.05) is 26.2 Å². The topological polar surface area (TPSA) is 174 Å². The van der Waals surface area contributed by atoms with Crippen LogP contribution in [0.1, 0.15) is 0 Å². The number of aliphatic carboxylic acids is 3. The minimum atomic E-state index is -1.13. The molecule has 0 aromatic heterocycles. The lowest BCUT2D eigenvalue weighted by Gasteiger charge is -2.25. The highest BCUT2D eigenvalue weighted by atomic mass is 16.4. The number of nitrogens with zero attached hydrogens (tertiary/aromatic N) is 2. The molecule has 0 saturated carbocycles. The van der Waals surface area contributed by atoms with Crippen LogP contribution in [-0.4, -0.2) is 101 Å². The van der Waals surface area contributed by atoms with Gasteiger partial charge in [-0.1, -0.05) is 0 Å². The first kappa shape index (κ1) is 20.8. The first-order valence-electron chi connectivity index (χ1n) is 6.79. The summed E-state index contributed by atoms with van der Waals surface area (Å²) in [6.45, 7) is -0.306. The summed E-state index contributed by atoms with van der Waals surface area (Å²) in [7, 11) is 0. The molecule has 0 aliphatic carbocycles. The summed E-state index contributed by atoms with van der Waals surface area (Å²) in [5, 5.41) is 28.7. The van der Waals surface area contributed by atoms with Gasteiger partial charge in [0.25, 0.3) is 0 Å². The van der Waals surface area contributed by atoms with E-state index < -0.39 is 23.8 Å². The van der Waals surface area contributed by atoms with E-state index in [0.29, 0.717) is 0 Å². The van der Waals surface area contributed by atoms with Gasteiger partial charge in [0.2, 0.25) is 5.91 Å². The van der Waals surface area contributed by atoms with E-state index in [2.05, 4.69) is 5.32 Å². The van der Waals surface area contributed by atoms with Crippen molar-refractivity contribution in [3.8, 4) is 0 Å². The van der Waals surface area contributed by atoms with Crippen molar-refractivity contribution < 1.29 is 34.5 Å². The van der Waals surface area contributed by atoms with E-state index >= 15 is 0 Å². The number of hydrogen-bond donors (Lipinski definition) is 5. The van der Waals surface area contributed by atoms with E-state index in [1.54, 1.807) is 0 Å². The Hall–Kier alpha value is -2.24. The number of primary amides is 1. The fraction of sp³-hybridized carbons (Fsp3) is 0.667. The van der Waals surface area contributed by atoms with Crippen molar-refractivity contribution in [1.29, 1.82) is 0 Å². The van der Waals surface area contributed by atoms with E-state index in [1.165, 1.54) is 9.80 Å². The summed E-state index contributed by atoms with van der Waals surface area (Å²) in [6.07, 6.45) is 0. The molecule has 0 radical (unpaired) electrons. The van der Waals surface area contributed by atoms with Gasteiger partial charge in [0.15, 0.2) is 0 Å². The zero-order chi connectivity index (χ0) is 17.8.